The van der Waals surface area contributed by atoms with E-state index in [0.717, 1.165) is 16.9 Å². The van der Waals surface area contributed by atoms with Crippen molar-refractivity contribution in [2.45, 2.75) is 0 Å². The average Bonchev–Trinajstić information content (AvgIpc) is 2.86. The predicted molar refractivity (Wildman–Crippen MR) is 68.7 cm³/mol. The van der Waals surface area contributed by atoms with Crippen LogP contribution in [-0.2, 0) is 0 Å². The largest absolute Gasteiger partial charge is 0.488 e. The number of nitrogens with zero attached hydrogens (tertiary/aromatic N) is 2. The number of rotatable bonds is 2. The zero-order valence-corrected chi connectivity index (χ0v) is 10.4. The van der Waals surface area contributed by atoms with Crippen LogP contribution in [0.2, 0.25) is 5.02 Å². The number of hydrogen-bond donors (Lipinski definition) is 1. The van der Waals surface area contributed by atoms with Crippen LogP contribution in [0.3, 0.4) is 0 Å². The maximum Gasteiger partial charge on any atom is 0.321 e. The van der Waals surface area contributed by atoms with Crippen LogP contribution in [0.1, 0.15) is 11.4 Å². The van der Waals surface area contributed by atoms with E-state index in [4.69, 9.17) is 20.9 Å². The predicted octanol–water partition coefficient (Wildman–Crippen LogP) is 2.70. The molecular weight excluding hydrogens is 254 g/mol. The third-order valence-corrected chi connectivity index (χ3v) is 2.85. The molecule has 0 unspecified atom stereocenters. The Morgan fingerprint density at radius 3 is 3.06 bits per heavy atom. The van der Waals surface area contributed by atoms with E-state index in [2.05, 4.69) is 15.5 Å². The van der Waals surface area contributed by atoms with Gasteiger partial charge in [0.15, 0.2) is 0 Å². The van der Waals surface area contributed by atoms with Crippen molar-refractivity contribution in [2.24, 2.45) is 0 Å². The number of nitrogens with one attached hydrogen (secondary N) is 1. The molecule has 1 aromatic carbocycles. The minimum atomic E-state index is 0.378. The van der Waals surface area contributed by atoms with Gasteiger partial charge in [-0.3, -0.25) is 0 Å². The summed E-state index contributed by atoms with van der Waals surface area (Å²) in [5.74, 6) is 1.32. The standard InChI is InChI=1S/C12H10ClN3O2/c1-14-12-15-11(16-18-12)8-4-7-5-9(13)2-3-10(7)17-6-8/h2-5H,6H2,1H3,(H,14,15,16). The van der Waals surface area contributed by atoms with Crippen molar-refractivity contribution in [3.8, 4) is 5.75 Å². The van der Waals surface area contributed by atoms with Crippen molar-refractivity contribution >= 4 is 29.3 Å². The van der Waals surface area contributed by atoms with Gasteiger partial charge in [-0.25, -0.2) is 0 Å². The van der Waals surface area contributed by atoms with Crippen LogP contribution in [-0.4, -0.2) is 23.8 Å². The molecule has 1 aliphatic heterocycles. The summed E-state index contributed by atoms with van der Waals surface area (Å²) in [4.78, 5) is 4.18. The zero-order valence-electron chi connectivity index (χ0n) is 9.61. The smallest absolute Gasteiger partial charge is 0.321 e. The van der Waals surface area contributed by atoms with Crippen molar-refractivity contribution in [1.82, 2.24) is 10.1 Å². The second-order valence-corrected chi connectivity index (χ2v) is 4.25. The second kappa shape index (κ2) is 4.34. The first-order valence-electron chi connectivity index (χ1n) is 5.41. The lowest BCUT2D eigenvalue weighted by molar-refractivity contribution is 0.363. The Morgan fingerprint density at radius 2 is 2.28 bits per heavy atom. The molecule has 1 N–H and O–H groups in total. The lowest BCUT2D eigenvalue weighted by Gasteiger charge is -2.16. The molecule has 0 atom stereocenters. The van der Waals surface area contributed by atoms with Gasteiger partial charge in [0.2, 0.25) is 5.82 Å². The molecule has 0 aliphatic carbocycles. The van der Waals surface area contributed by atoms with Crippen molar-refractivity contribution in [3.05, 3.63) is 34.6 Å². The molecule has 3 rings (SSSR count). The third-order valence-electron chi connectivity index (χ3n) is 2.61. The second-order valence-electron chi connectivity index (χ2n) is 3.81. The topological polar surface area (TPSA) is 60.2 Å². The Morgan fingerprint density at radius 1 is 1.39 bits per heavy atom. The maximum absolute atomic E-state index is 5.95. The SMILES string of the molecule is CNc1nc(C2=Cc3cc(Cl)ccc3OC2)no1. The van der Waals surface area contributed by atoms with Crippen LogP contribution < -0.4 is 10.1 Å². The van der Waals surface area contributed by atoms with E-state index in [0.29, 0.717) is 23.5 Å². The highest BCUT2D eigenvalue weighted by Gasteiger charge is 2.17. The molecule has 2 aromatic rings. The first-order chi connectivity index (χ1) is 8.76. The molecule has 18 heavy (non-hydrogen) atoms. The van der Waals surface area contributed by atoms with E-state index < -0.39 is 0 Å². The first kappa shape index (κ1) is 11.1. The maximum atomic E-state index is 5.95. The minimum Gasteiger partial charge on any atom is -0.488 e. The molecular formula is C12H10ClN3O2. The van der Waals surface area contributed by atoms with Gasteiger partial charge in [-0.1, -0.05) is 16.8 Å². The minimum absolute atomic E-state index is 0.378. The highest BCUT2D eigenvalue weighted by Crippen LogP contribution is 2.31. The van der Waals surface area contributed by atoms with Gasteiger partial charge in [0.25, 0.3) is 0 Å². The van der Waals surface area contributed by atoms with Gasteiger partial charge < -0.3 is 14.6 Å². The molecule has 0 bridgehead atoms. The van der Waals surface area contributed by atoms with E-state index in [1.807, 2.05) is 18.2 Å². The van der Waals surface area contributed by atoms with Crippen molar-refractivity contribution in [2.75, 3.05) is 19.0 Å². The van der Waals surface area contributed by atoms with E-state index >= 15 is 0 Å². The highest BCUT2D eigenvalue weighted by atomic mass is 35.5. The van der Waals surface area contributed by atoms with Crippen LogP contribution in [0.25, 0.3) is 11.6 Å². The lowest BCUT2D eigenvalue weighted by atomic mass is 10.1. The molecule has 0 amide bonds. The molecule has 0 fully saturated rings. The van der Waals surface area contributed by atoms with Crippen LogP contribution in [0.15, 0.2) is 22.7 Å². The normalized spacial score (nSPS) is 13.6. The monoisotopic (exact) mass is 263 g/mol. The van der Waals surface area contributed by atoms with Gasteiger partial charge in [0.05, 0.1) is 0 Å². The van der Waals surface area contributed by atoms with Gasteiger partial charge in [0.1, 0.15) is 12.4 Å². The van der Waals surface area contributed by atoms with Crippen LogP contribution in [0.4, 0.5) is 6.01 Å². The highest BCUT2D eigenvalue weighted by molar-refractivity contribution is 6.30. The number of halogens is 1. The summed E-state index contributed by atoms with van der Waals surface area (Å²) in [7, 11) is 1.72. The Balaban J connectivity index is 1.99. The molecule has 2 heterocycles. The molecule has 0 radical (unpaired) electrons. The number of fused-ring (bicyclic) bond motifs is 1. The molecule has 5 nitrogen and oxygen atoms in total. The number of benzene rings is 1. The van der Waals surface area contributed by atoms with E-state index in [-0.39, 0.29) is 0 Å². The van der Waals surface area contributed by atoms with E-state index in [1.165, 1.54) is 0 Å². The first-order valence-corrected chi connectivity index (χ1v) is 5.79. The number of anilines is 1. The van der Waals surface area contributed by atoms with Crippen molar-refractivity contribution in [1.29, 1.82) is 0 Å². The number of aromatic nitrogens is 2. The van der Waals surface area contributed by atoms with Gasteiger partial charge in [-0.15, -0.1) is 0 Å². The molecule has 0 saturated heterocycles. The fourth-order valence-electron chi connectivity index (χ4n) is 1.73. The van der Waals surface area contributed by atoms with Crippen molar-refractivity contribution in [3.63, 3.8) is 0 Å². The Bertz CT molecular complexity index is 622. The summed E-state index contributed by atoms with van der Waals surface area (Å²) in [6.45, 7) is 0.414. The average molecular weight is 264 g/mol. The lowest BCUT2D eigenvalue weighted by Crippen LogP contribution is -2.07. The summed E-state index contributed by atoms with van der Waals surface area (Å²) in [5, 5.41) is 7.33. The molecule has 92 valence electrons. The quantitative estimate of drug-likeness (QED) is 0.903. The molecule has 6 heteroatoms. The molecule has 0 saturated carbocycles. The van der Waals surface area contributed by atoms with E-state index in [1.54, 1.807) is 13.1 Å². The van der Waals surface area contributed by atoms with Crippen LogP contribution >= 0.6 is 11.6 Å². The number of ether oxygens (including phenoxy) is 1. The van der Waals surface area contributed by atoms with Crippen LogP contribution in [0, 0.1) is 0 Å². The summed E-state index contributed by atoms with van der Waals surface area (Å²) in [6, 6.07) is 5.87. The number of hydrogen-bond acceptors (Lipinski definition) is 5. The van der Waals surface area contributed by atoms with Gasteiger partial charge >= 0.3 is 6.01 Å². The Hall–Kier alpha value is -2.01. The van der Waals surface area contributed by atoms with E-state index in [9.17, 15) is 0 Å². The van der Waals surface area contributed by atoms with Crippen LogP contribution in [0.5, 0.6) is 5.75 Å². The molecule has 0 spiro atoms. The molecule has 1 aromatic heterocycles. The van der Waals surface area contributed by atoms with Gasteiger partial charge in [0, 0.05) is 23.2 Å². The van der Waals surface area contributed by atoms with Gasteiger partial charge in [-0.05, 0) is 24.3 Å². The van der Waals surface area contributed by atoms with Crippen molar-refractivity contribution < 1.29 is 9.26 Å². The third kappa shape index (κ3) is 1.93. The fraction of sp³-hybridized carbons (Fsp3) is 0.167. The molecule has 1 aliphatic rings. The fourth-order valence-corrected chi connectivity index (χ4v) is 1.91. The summed E-state index contributed by atoms with van der Waals surface area (Å²) in [6.07, 6.45) is 1.95. The van der Waals surface area contributed by atoms with Gasteiger partial charge in [-0.2, -0.15) is 4.98 Å². The Labute approximate surface area is 108 Å². The summed E-state index contributed by atoms with van der Waals surface area (Å²) < 4.78 is 10.6. The Kier molecular flexibility index (Phi) is 2.68. The summed E-state index contributed by atoms with van der Waals surface area (Å²) in [5.41, 5.74) is 1.77. The summed E-state index contributed by atoms with van der Waals surface area (Å²) >= 11 is 5.95. The zero-order chi connectivity index (χ0) is 12.5.